The molecule has 3 nitrogen and oxygen atoms in total. The lowest BCUT2D eigenvalue weighted by Gasteiger charge is -2.52. The number of ether oxygens (including phenoxy) is 2. The summed E-state index contributed by atoms with van der Waals surface area (Å²) in [5, 5.41) is 0. The molecule has 0 saturated heterocycles. The van der Waals surface area contributed by atoms with Crippen LogP contribution in [0.1, 0.15) is 55.1 Å². The van der Waals surface area contributed by atoms with Crippen molar-refractivity contribution < 1.29 is 14.0 Å². The average Bonchev–Trinajstić information content (AvgIpc) is 2.58. The summed E-state index contributed by atoms with van der Waals surface area (Å²) in [6, 6.07) is 13.4. The van der Waals surface area contributed by atoms with Gasteiger partial charge in [-0.15, -0.1) is 0 Å². The fourth-order valence-corrected chi connectivity index (χ4v) is 4.94. The molecule has 1 aliphatic carbocycles. The van der Waals surface area contributed by atoms with Gasteiger partial charge in [0.25, 0.3) is 0 Å². The second-order valence-electron chi connectivity index (χ2n) is 6.86. The zero-order valence-corrected chi connectivity index (χ0v) is 15.0. The molecule has 0 radical (unpaired) electrons. The van der Waals surface area contributed by atoms with Crippen LogP contribution in [0.5, 0.6) is 0 Å². The van der Waals surface area contributed by atoms with Crippen LogP contribution in [0.2, 0.25) is 0 Å². The number of hydrogen-bond acceptors (Lipinski definition) is 2. The Morgan fingerprint density at radius 2 is 1.79 bits per heavy atom. The molecule has 3 heteroatoms. The van der Waals surface area contributed by atoms with E-state index in [0.29, 0.717) is 13.2 Å². The molecule has 5 rings (SSSR count). The first-order chi connectivity index (χ1) is 11.7. The van der Waals surface area contributed by atoms with Crippen molar-refractivity contribution >= 4 is 0 Å². The molecule has 0 amide bonds. The first kappa shape index (κ1) is 15.8. The van der Waals surface area contributed by atoms with Crippen molar-refractivity contribution in [1.29, 1.82) is 0 Å². The number of hydrogen-bond donors (Lipinski definition) is 0. The molecule has 2 aromatic rings. The van der Waals surface area contributed by atoms with Crippen LogP contribution in [0.3, 0.4) is 0 Å². The van der Waals surface area contributed by atoms with E-state index in [9.17, 15) is 0 Å². The van der Waals surface area contributed by atoms with Crippen molar-refractivity contribution in [2.75, 3.05) is 13.2 Å². The van der Waals surface area contributed by atoms with E-state index in [1.807, 2.05) is 0 Å². The quantitative estimate of drug-likeness (QED) is 0.631. The van der Waals surface area contributed by atoms with Gasteiger partial charge >= 0.3 is 0 Å². The maximum absolute atomic E-state index is 6.38. The number of nitrogens with zero attached hydrogens (tertiary/aromatic N) is 1. The summed E-state index contributed by atoms with van der Waals surface area (Å²) in [5.74, 6) is -0.236. The molecule has 3 unspecified atom stereocenters. The predicted octanol–water partition coefficient (Wildman–Crippen LogP) is 3.74. The molecule has 0 saturated carbocycles. The second-order valence-corrected chi connectivity index (χ2v) is 6.86. The molecule has 24 heavy (non-hydrogen) atoms. The fourth-order valence-electron chi connectivity index (χ4n) is 4.94. The van der Waals surface area contributed by atoms with Crippen LogP contribution in [0.4, 0.5) is 0 Å². The minimum Gasteiger partial charge on any atom is -0.348 e. The highest BCUT2D eigenvalue weighted by Gasteiger charge is 2.64. The molecular formula is C21H26NO2+. The highest BCUT2D eigenvalue weighted by atomic mass is 16.7. The van der Waals surface area contributed by atoms with Gasteiger partial charge in [-0.3, -0.25) is 0 Å². The number of fused-ring (bicyclic) bond motifs is 1. The third kappa shape index (κ3) is 1.88. The van der Waals surface area contributed by atoms with Crippen molar-refractivity contribution in [3.05, 3.63) is 65.0 Å². The van der Waals surface area contributed by atoms with Crippen LogP contribution < -0.4 is 4.57 Å². The number of pyridine rings is 1. The summed E-state index contributed by atoms with van der Waals surface area (Å²) in [7, 11) is 0. The van der Waals surface area contributed by atoms with Crippen molar-refractivity contribution in [3.63, 3.8) is 0 Å². The van der Waals surface area contributed by atoms with Gasteiger partial charge in [0.05, 0.1) is 5.92 Å². The van der Waals surface area contributed by atoms with E-state index in [2.05, 4.69) is 74.9 Å². The van der Waals surface area contributed by atoms with Crippen molar-refractivity contribution in [2.45, 2.75) is 45.4 Å². The lowest BCUT2D eigenvalue weighted by Crippen LogP contribution is -2.67. The van der Waals surface area contributed by atoms with Crippen LogP contribution >= 0.6 is 0 Å². The Bertz CT molecular complexity index is 764. The van der Waals surface area contributed by atoms with Crippen molar-refractivity contribution in [2.24, 2.45) is 5.92 Å². The number of rotatable bonds is 4. The van der Waals surface area contributed by atoms with Crippen molar-refractivity contribution in [1.82, 2.24) is 0 Å². The molecule has 3 aliphatic rings. The summed E-state index contributed by atoms with van der Waals surface area (Å²) in [6.45, 7) is 9.93. The molecule has 0 fully saturated rings. The van der Waals surface area contributed by atoms with Gasteiger partial charge < -0.3 is 9.47 Å². The molecule has 1 aromatic heterocycles. The van der Waals surface area contributed by atoms with Gasteiger partial charge in [0.1, 0.15) is 5.92 Å². The monoisotopic (exact) mass is 324 g/mol. The lowest BCUT2D eigenvalue weighted by atomic mass is 9.64. The summed E-state index contributed by atoms with van der Waals surface area (Å²) < 4.78 is 15.2. The van der Waals surface area contributed by atoms with Gasteiger partial charge in [-0.25, -0.2) is 0 Å². The van der Waals surface area contributed by atoms with Gasteiger partial charge in [0.15, 0.2) is 23.7 Å². The summed E-state index contributed by atoms with van der Waals surface area (Å²) in [6.07, 6.45) is 2.21. The Labute approximate surface area is 144 Å². The van der Waals surface area contributed by atoms with Crippen LogP contribution in [0.25, 0.3) is 0 Å². The van der Waals surface area contributed by atoms with Crippen molar-refractivity contribution in [3.8, 4) is 0 Å². The minimum absolute atomic E-state index is 0.105. The smallest absolute Gasteiger partial charge is 0.194 e. The molecule has 2 bridgehead atoms. The zero-order chi connectivity index (χ0) is 16.9. The number of aryl methyl sites for hydroxylation is 1. The highest BCUT2D eigenvalue weighted by molar-refractivity contribution is 5.48. The highest BCUT2D eigenvalue weighted by Crippen LogP contribution is 2.56. The maximum atomic E-state index is 6.38. The molecule has 0 N–H and O–H groups in total. The van der Waals surface area contributed by atoms with E-state index in [1.165, 1.54) is 22.4 Å². The molecule has 3 atom stereocenters. The molecular weight excluding hydrogens is 298 g/mol. The molecule has 3 heterocycles. The second kappa shape index (κ2) is 5.68. The van der Waals surface area contributed by atoms with Crippen LogP contribution in [0, 0.1) is 12.8 Å². The average molecular weight is 324 g/mol. The van der Waals surface area contributed by atoms with Gasteiger partial charge in [-0.1, -0.05) is 31.2 Å². The summed E-state index contributed by atoms with van der Waals surface area (Å²) >= 11 is 0. The fraction of sp³-hybridized carbons (Fsp3) is 0.476. The number of benzene rings is 1. The third-order valence-electron chi connectivity index (χ3n) is 5.73. The van der Waals surface area contributed by atoms with Gasteiger partial charge in [0, 0.05) is 30.9 Å². The molecule has 126 valence electrons. The third-order valence-corrected chi connectivity index (χ3v) is 5.73. The summed E-state index contributed by atoms with van der Waals surface area (Å²) in [4.78, 5) is 0. The molecule has 0 spiro atoms. The van der Waals surface area contributed by atoms with Crippen LogP contribution in [0.15, 0.2) is 42.6 Å². The first-order valence-corrected chi connectivity index (χ1v) is 9.03. The lowest BCUT2D eigenvalue weighted by molar-refractivity contribution is -0.746. The Morgan fingerprint density at radius 1 is 1.04 bits per heavy atom. The van der Waals surface area contributed by atoms with E-state index in [0.717, 1.165) is 0 Å². The van der Waals surface area contributed by atoms with E-state index in [1.54, 1.807) is 0 Å². The minimum atomic E-state index is -0.587. The van der Waals surface area contributed by atoms with E-state index in [-0.39, 0.29) is 17.9 Å². The topological polar surface area (TPSA) is 22.3 Å². The predicted molar refractivity (Wildman–Crippen MR) is 92.9 cm³/mol. The molecule has 2 aliphatic heterocycles. The van der Waals surface area contributed by atoms with Crippen LogP contribution in [-0.2, 0) is 9.47 Å². The Kier molecular flexibility index (Phi) is 3.74. The zero-order valence-electron chi connectivity index (χ0n) is 15.0. The Morgan fingerprint density at radius 3 is 2.50 bits per heavy atom. The Balaban J connectivity index is 2.04. The number of aromatic nitrogens is 1. The van der Waals surface area contributed by atoms with Crippen LogP contribution in [-0.4, -0.2) is 19.0 Å². The normalized spacial score (nSPS) is 26.1. The van der Waals surface area contributed by atoms with Gasteiger partial charge in [0.2, 0.25) is 0 Å². The largest absolute Gasteiger partial charge is 0.348 e. The van der Waals surface area contributed by atoms with E-state index < -0.39 is 5.79 Å². The molecule has 1 aromatic carbocycles. The SMILES string of the molecule is CCOC1(OCC)C2c3cccc(C)c3C(C1C)[n+]1ccccc12. The van der Waals surface area contributed by atoms with E-state index in [4.69, 9.17) is 9.47 Å². The summed E-state index contributed by atoms with van der Waals surface area (Å²) in [5.41, 5.74) is 5.47. The van der Waals surface area contributed by atoms with E-state index >= 15 is 0 Å². The standard InChI is InChI=1S/C21H26NO2/c1-5-23-21(24-6-2)15(4)20-18-14(3)10-9-11-16(18)19(21)17-12-7-8-13-22(17)20/h7-13,15,19-20H,5-6H2,1-4H3/q+1. The first-order valence-electron chi connectivity index (χ1n) is 9.03. The Hall–Kier alpha value is -1.71. The van der Waals surface area contributed by atoms with Gasteiger partial charge in [-0.05, 0) is 31.9 Å². The van der Waals surface area contributed by atoms with Gasteiger partial charge in [-0.2, -0.15) is 4.57 Å². The maximum Gasteiger partial charge on any atom is 0.194 e.